The van der Waals surface area contributed by atoms with Crippen molar-refractivity contribution in [1.29, 1.82) is 0 Å². The van der Waals surface area contributed by atoms with Crippen molar-refractivity contribution < 1.29 is 28.6 Å². The zero-order chi connectivity index (χ0) is 21.8. The molecular formula is C21H19IN2O6. The number of benzene rings is 2. The number of nitrogens with zero attached hydrogens (tertiary/aromatic N) is 1. The number of rotatable bonds is 6. The molecule has 156 valence electrons. The minimum atomic E-state index is -0.830. The fraction of sp³-hybridized carbons (Fsp3) is 0.190. The third-order valence-corrected chi connectivity index (χ3v) is 5.10. The zero-order valence-electron chi connectivity index (χ0n) is 16.5. The molecule has 1 N–H and O–H groups in total. The van der Waals surface area contributed by atoms with Gasteiger partial charge in [-0.25, -0.2) is 9.80 Å². The molecule has 0 aromatic heterocycles. The van der Waals surface area contributed by atoms with Crippen LogP contribution in [0.3, 0.4) is 0 Å². The van der Waals surface area contributed by atoms with Crippen LogP contribution >= 0.6 is 22.6 Å². The number of carbonyl (C=O) groups is 3. The Bertz CT molecular complexity index is 1020. The maximum absolute atomic E-state index is 12.7. The molecule has 30 heavy (non-hydrogen) atoms. The summed E-state index contributed by atoms with van der Waals surface area (Å²) in [7, 11) is 2.74. The van der Waals surface area contributed by atoms with Gasteiger partial charge in [-0.2, -0.15) is 0 Å². The summed E-state index contributed by atoms with van der Waals surface area (Å²) >= 11 is 2.03. The van der Waals surface area contributed by atoms with Crippen molar-refractivity contribution in [3.8, 4) is 11.5 Å². The zero-order valence-corrected chi connectivity index (χ0v) is 18.6. The highest BCUT2D eigenvalue weighted by Crippen LogP contribution is 2.36. The summed E-state index contributed by atoms with van der Waals surface area (Å²) in [5, 5.41) is 1.20. The van der Waals surface area contributed by atoms with Gasteiger partial charge in [0.25, 0.3) is 11.8 Å². The number of ether oxygens (including phenoxy) is 3. The number of nitrogens with one attached hydrogen (secondary N) is 1. The van der Waals surface area contributed by atoms with Gasteiger partial charge in [0.15, 0.2) is 17.6 Å². The molecule has 2 aromatic carbocycles. The molecule has 1 fully saturated rings. The lowest BCUT2D eigenvalue weighted by Crippen LogP contribution is -2.35. The van der Waals surface area contributed by atoms with Crippen molar-refractivity contribution in [2.75, 3.05) is 19.2 Å². The SMILES string of the molecule is COC(=O)[C@@H](C)Oc1c(I)cc(/C=C2/C(=O)NN(c3ccccc3)C2=O)cc1OC. The van der Waals surface area contributed by atoms with Crippen molar-refractivity contribution in [1.82, 2.24) is 5.43 Å². The number of amides is 2. The van der Waals surface area contributed by atoms with E-state index in [1.165, 1.54) is 25.3 Å². The van der Waals surface area contributed by atoms with E-state index < -0.39 is 23.9 Å². The van der Waals surface area contributed by atoms with Crippen LogP contribution in [-0.4, -0.2) is 38.1 Å². The summed E-state index contributed by atoms with van der Waals surface area (Å²) < 4.78 is 16.4. The number of hydrogen-bond acceptors (Lipinski definition) is 6. The average molecular weight is 522 g/mol. The van der Waals surface area contributed by atoms with Crippen LogP contribution in [0.25, 0.3) is 6.08 Å². The molecule has 0 saturated carbocycles. The Morgan fingerprint density at radius 1 is 1.17 bits per heavy atom. The van der Waals surface area contributed by atoms with Gasteiger partial charge in [0.05, 0.1) is 23.5 Å². The molecular weight excluding hydrogens is 503 g/mol. The largest absolute Gasteiger partial charge is 0.493 e. The fourth-order valence-corrected chi connectivity index (χ4v) is 3.56. The quantitative estimate of drug-likeness (QED) is 0.272. The predicted molar refractivity (Wildman–Crippen MR) is 118 cm³/mol. The minimum Gasteiger partial charge on any atom is -0.493 e. The number of para-hydroxylation sites is 1. The molecule has 0 aliphatic carbocycles. The molecule has 8 nitrogen and oxygen atoms in total. The molecule has 1 aliphatic heterocycles. The standard InChI is InChI=1S/C21H19IN2O6/c1-12(21(27)29-3)30-18-16(22)10-13(11-17(18)28-2)9-15-19(25)23-24(20(15)26)14-7-5-4-6-8-14/h4-12H,1-3H3,(H,23,25)/b15-9-/t12-/m1/s1. The van der Waals surface area contributed by atoms with Gasteiger partial charge in [-0.3, -0.25) is 15.0 Å². The van der Waals surface area contributed by atoms with E-state index in [4.69, 9.17) is 9.47 Å². The highest BCUT2D eigenvalue weighted by Gasteiger charge is 2.34. The molecule has 9 heteroatoms. The number of halogens is 1. The van der Waals surface area contributed by atoms with Crippen LogP contribution < -0.4 is 19.9 Å². The van der Waals surface area contributed by atoms with Crippen molar-refractivity contribution in [3.63, 3.8) is 0 Å². The lowest BCUT2D eigenvalue weighted by atomic mass is 10.1. The van der Waals surface area contributed by atoms with Gasteiger partial charge in [0, 0.05) is 0 Å². The fourth-order valence-electron chi connectivity index (χ4n) is 2.81. The van der Waals surface area contributed by atoms with E-state index in [9.17, 15) is 14.4 Å². The summed E-state index contributed by atoms with van der Waals surface area (Å²) in [5.41, 5.74) is 3.69. The molecule has 0 radical (unpaired) electrons. The van der Waals surface area contributed by atoms with Crippen LogP contribution in [0.15, 0.2) is 48.0 Å². The Balaban J connectivity index is 1.92. The van der Waals surface area contributed by atoms with E-state index >= 15 is 0 Å². The van der Waals surface area contributed by atoms with Gasteiger partial charge in [0.1, 0.15) is 5.57 Å². The minimum absolute atomic E-state index is 0.00620. The first kappa shape index (κ1) is 21.6. The normalized spacial score (nSPS) is 15.7. The number of carbonyl (C=O) groups excluding carboxylic acids is 3. The van der Waals surface area contributed by atoms with Gasteiger partial charge in [-0.05, 0) is 65.4 Å². The topological polar surface area (TPSA) is 94.2 Å². The smallest absolute Gasteiger partial charge is 0.346 e. The number of anilines is 1. The van der Waals surface area contributed by atoms with Crippen LogP contribution in [-0.2, 0) is 19.1 Å². The van der Waals surface area contributed by atoms with E-state index in [0.29, 0.717) is 26.3 Å². The summed E-state index contributed by atoms with van der Waals surface area (Å²) in [6.45, 7) is 1.57. The molecule has 0 spiro atoms. The van der Waals surface area contributed by atoms with E-state index in [0.717, 1.165) is 0 Å². The summed E-state index contributed by atoms with van der Waals surface area (Å²) in [6, 6.07) is 12.2. The highest BCUT2D eigenvalue weighted by molar-refractivity contribution is 14.1. The summed E-state index contributed by atoms with van der Waals surface area (Å²) in [4.78, 5) is 36.8. The van der Waals surface area contributed by atoms with Crippen LogP contribution in [0.2, 0.25) is 0 Å². The first-order valence-electron chi connectivity index (χ1n) is 8.90. The Morgan fingerprint density at radius 2 is 1.87 bits per heavy atom. The molecule has 2 amide bonds. The maximum Gasteiger partial charge on any atom is 0.346 e. The lowest BCUT2D eigenvalue weighted by molar-refractivity contribution is -0.148. The molecule has 1 heterocycles. The molecule has 2 aromatic rings. The number of hydrazine groups is 1. The Hall–Kier alpha value is -3.08. The van der Waals surface area contributed by atoms with Gasteiger partial charge in [-0.1, -0.05) is 18.2 Å². The molecule has 0 unspecified atom stereocenters. The van der Waals surface area contributed by atoms with E-state index in [2.05, 4.69) is 10.2 Å². The third kappa shape index (κ3) is 4.40. The molecule has 1 atom stereocenters. The second kappa shape index (κ2) is 9.16. The second-order valence-electron chi connectivity index (χ2n) is 6.29. The molecule has 1 saturated heterocycles. The van der Waals surface area contributed by atoms with Crippen molar-refractivity contribution in [2.45, 2.75) is 13.0 Å². The number of esters is 1. The lowest BCUT2D eigenvalue weighted by Gasteiger charge is -2.17. The Kier molecular flexibility index (Phi) is 6.60. The van der Waals surface area contributed by atoms with Gasteiger partial charge in [-0.15, -0.1) is 0 Å². The van der Waals surface area contributed by atoms with Crippen molar-refractivity contribution in [3.05, 3.63) is 57.2 Å². The highest BCUT2D eigenvalue weighted by atomic mass is 127. The molecule has 1 aliphatic rings. The Labute approximate surface area is 186 Å². The van der Waals surface area contributed by atoms with Crippen molar-refractivity contribution >= 4 is 52.1 Å². The van der Waals surface area contributed by atoms with Crippen LogP contribution in [0.1, 0.15) is 12.5 Å². The van der Waals surface area contributed by atoms with Gasteiger partial charge < -0.3 is 14.2 Å². The van der Waals surface area contributed by atoms with Crippen LogP contribution in [0, 0.1) is 3.57 Å². The second-order valence-corrected chi connectivity index (χ2v) is 7.45. The third-order valence-electron chi connectivity index (χ3n) is 4.30. The molecule has 0 bridgehead atoms. The van der Waals surface area contributed by atoms with E-state index in [-0.39, 0.29) is 5.57 Å². The van der Waals surface area contributed by atoms with Crippen molar-refractivity contribution in [2.24, 2.45) is 0 Å². The van der Waals surface area contributed by atoms with Gasteiger partial charge in [0.2, 0.25) is 0 Å². The monoisotopic (exact) mass is 522 g/mol. The average Bonchev–Trinajstić information content (AvgIpc) is 3.03. The summed E-state index contributed by atoms with van der Waals surface area (Å²) in [5.74, 6) is -0.757. The molecule has 3 rings (SSSR count). The predicted octanol–water partition coefficient (Wildman–Crippen LogP) is 2.70. The van der Waals surface area contributed by atoms with Gasteiger partial charge >= 0.3 is 5.97 Å². The van der Waals surface area contributed by atoms with Crippen LogP contribution in [0.4, 0.5) is 5.69 Å². The van der Waals surface area contributed by atoms with E-state index in [1.807, 2.05) is 28.7 Å². The number of methoxy groups -OCH3 is 2. The maximum atomic E-state index is 12.7. The first-order valence-corrected chi connectivity index (χ1v) is 9.97. The van der Waals surface area contributed by atoms with Crippen LogP contribution in [0.5, 0.6) is 11.5 Å². The number of hydrogen-bond donors (Lipinski definition) is 1. The van der Waals surface area contributed by atoms with E-state index in [1.54, 1.807) is 43.3 Å². The first-order chi connectivity index (χ1) is 14.3. The Morgan fingerprint density at radius 3 is 2.50 bits per heavy atom. The summed E-state index contributed by atoms with van der Waals surface area (Å²) in [6.07, 6.45) is 0.655.